The Morgan fingerprint density at radius 3 is 2.84 bits per heavy atom. The number of aryl methyl sites for hydroxylation is 1. The number of nitrogens with zero attached hydrogens (tertiary/aromatic N) is 2. The second-order valence-corrected chi connectivity index (χ2v) is 5.97. The summed E-state index contributed by atoms with van der Waals surface area (Å²) in [7, 11) is 0. The van der Waals surface area contributed by atoms with E-state index in [0.29, 0.717) is 11.1 Å². The van der Waals surface area contributed by atoms with Gasteiger partial charge in [-0.3, -0.25) is 4.98 Å². The molecule has 2 heterocycles. The third kappa shape index (κ3) is 3.53. The first-order chi connectivity index (χ1) is 9.11. The first-order valence-electron chi connectivity index (χ1n) is 6.44. The van der Waals surface area contributed by atoms with Crippen molar-refractivity contribution in [3.8, 4) is 10.7 Å². The van der Waals surface area contributed by atoms with Gasteiger partial charge in [0.15, 0.2) is 0 Å². The Labute approximate surface area is 123 Å². The predicted molar refractivity (Wildman–Crippen MR) is 81.8 cm³/mol. The fourth-order valence-corrected chi connectivity index (χ4v) is 3.06. The minimum Gasteiger partial charge on any atom is -0.309 e. The number of rotatable bonds is 5. The molecule has 3 nitrogen and oxygen atoms in total. The number of hydrogen-bond donors (Lipinski definition) is 1. The van der Waals surface area contributed by atoms with E-state index in [0.717, 1.165) is 29.4 Å². The summed E-state index contributed by atoms with van der Waals surface area (Å²) >= 11 is 7.55. The number of nitrogens with one attached hydrogen (secondary N) is 1. The van der Waals surface area contributed by atoms with E-state index >= 15 is 0 Å². The molecule has 19 heavy (non-hydrogen) atoms. The molecule has 0 saturated carbocycles. The fourth-order valence-electron chi connectivity index (χ4n) is 1.88. The molecule has 2 rings (SSSR count). The second-order valence-electron chi connectivity index (χ2n) is 4.51. The van der Waals surface area contributed by atoms with Crippen LogP contribution < -0.4 is 5.32 Å². The van der Waals surface area contributed by atoms with Crippen molar-refractivity contribution in [2.45, 2.75) is 33.2 Å². The van der Waals surface area contributed by atoms with E-state index in [1.54, 1.807) is 17.5 Å². The lowest BCUT2D eigenvalue weighted by molar-refractivity contribution is 0.575. The van der Waals surface area contributed by atoms with E-state index < -0.39 is 0 Å². The lowest BCUT2D eigenvalue weighted by Gasteiger charge is -2.11. The molecule has 0 saturated heterocycles. The first-order valence-corrected chi connectivity index (χ1v) is 7.64. The van der Waals surface area contributed by atoms with Gasteiger partial charge in [-0.25, -0.2) is 4.98 Å². The molecule has 0 bridgehead atoms. The van der Waals surface area contributed by atoms with Gasteiger partial charge in [0.25, 0.3) is 0 Å². The van der Waals surface area contributed by atoms with Crippen LogP contribution in [0.25, 0.3) is 10.7 Å². The molecule has 0 fully saturated rings. The molecule has 2 aromatic rings. The van der Waals surface area contributed by atoms with E-state index in [2.05, 4.69) is 36.1 Å². The Morgan fingerprint density at radius 1 is 1.42 bits per heavy atom. The van der Waals surface area contributed by atoms with Gasteiger partial charge in [-0.1, -0.05) is 18.5 Å². The van der Waals surface area contributed by atoms with Crippen LogP contribution in [0.3, 0.4) is 0 Å². The average Bonchev–Trinajstić information content (AvgIpc) is 2.79. The van der Waals surface area contributed by atoms with Crippen LogP contribution in [0.1, 0.15) is 36.9 Å². The molecule has 0 aliphatic heterocycles. The largest absolute Gasteiger partial charge is 0.309 e. The molecule has 0 radical (unpaired) electrons. The Balaban J connectivity index is 2.23. The molecule has 1 atom stereocenters. The highest BCUT2D eigenvalue weighted by Crippen LogP contribution is 2.31. The molecule has 2 aromatic heterocycles. The molecule has 5 heteroatoms. The van der Waals surface area contributed by atoms with Crippen molar-refractivity contribution in [3.05, 3.63) is 33.9 Å². The zero-order chi connectivity index (χ0) is 13.8. The molecular formula is C14H18ClN3S. The van der Waals surface area contributed by atoms with Gasteiger partial charge in [-0.2, -0.15) is 0 Å². The number of halogens is 1. The summed E-state index contributed by atoms with van der Waals surface area (Å²) in [6.45, 7) is 7.42. The molecule has 0 aromatic carbocycles. The average molecular weight is 296 g/mol. The van der Waals surface area contributed by atoms with E-state index in [-0.39, 0.29) is 0 Å². The second kappa shape index (κ2) is 6.46. The monoisotopic (exact) mass is 295 g/mol. The van der Waals surface area contributed by atoms with Crippen molar-refractivity contribution in [3.63, 3.8) is 0 Å². The van der Waals surface area contributed by atoms with Gasteiger partial charge < -0.3 is 5.32 Å². The van der Waals surface area contributed by atoms with Crippen molar-refractivity contribution in [2.75, 3.05) is 6.54 Å². The van der Waals surface area contributed by atoms with Crippen LogP contribution in [0.2, 0.25) is 5.02 Å². The van der Waals surface area contributed by atoms with Crippen LogP contribution >= 0.6 is 22.9 Å². The normalized spacial score (nSPS) is 12.6. The number of thiazole rings is 1. The predicted octanol–water partition coefficient (Wildman–Crippen LogP) is 4.23. The van der Waals surface area contributed by atoms with Crippen LogP contribution in [0.15, 0.2) is 18.3 Å². The molecule has 102 valence electrons. The maximum atomic E-state index is 5.85. The van der Waals surface area contributed by atoms with E-state index in [1.165, 1.54) is 4.88 Å². The zero-order valence-electron chi connectivity index (χ0n) is 11.4. The number of aromatic nitrogens is 2. The topological polar surface area (TPSA) is 37.8 Å². The van der Waals surface area contributed by atoms with Crippen LogP contribution in [0.5, 0.6) is 0 Å². The number of pyridine rings is 1. The third-order valence-corrected chi connectivity index (χ3v) is 4.46. The van der Waals surface area contributed by atoms with Crippen LogP contribution in [0.4, 0.5) is 0 Å². The Hall–Kier alpha value is -0.970. The quantitative estimate of drug-likeness (QED) is 0.897. The molecule has 0 aliphatic carbocycles. The van der Waals surface area contributed by atoms with E-state index in [4.69, 9.17) is 11.6 Å². The number of hydrogen-bond acceptors (Lipinski definition) is 4. The summed E-state index contributed by atoms with van der Waals surface area (Å²) in [6.07, 6.45) is 2.79. The summed E-state index contributed by atoms with van der Waals surface area (Å²) in [5.41, 5.74) is 1.96. The van der Waals surface area contributed by atoms with Crippen molar-refractivity contribution in [1.82, 2.24) is 15.3 Å². The van der Waals surface area contributed by atoms with Crippen molar-refractivity contribution in [2.24, 2.45) is 0 Å². The summed E-state index contributed by atoms with van der Waals surface area (Å²) < 4.78 is 0. The van der Waals surface area contributed by atoms with Gasteiger partial charge in [0, 0.05) is 17.1 Å². The fraction of sp³-hybridized carbons (Fsp3) is 0.429. The Morgan fingerprint density at radius 2 is 2.21 bits per heavy atom. The highest BCUT2D eigenvalue weighted by Gasteiger charge is 2.15. The molecule has 1 unspecified atom stereocenters. The van der Waals surface area contributed by atoms with Crippen LogP contribution in [-0.2, 0) is 0 Å². The summed E-state index contributed by atoms with van der Waals surface area (Å²) in [5.74, 6) is 0. The lowest BCUT2D eigenvalue weighted by Crippen LogP contribution is -2.18. The Kier molecular flexibility index (Phi) is 4.91. The molecule has 0 aliphatic rings. The van der Waals surface area contributed by atoms with Gasteiger partial charge >= 0.3 is 0 Å². The van der Waals surface area contributed by atoms with Gasteiger partial charge in [0.2, 0.25) is 0 Å². The van der Waals surface area contributed by atoms with Crippen molar-refractivity contribution in [1.29, 1.82) is 0 Å². The van der Waals surface area contributed by atoms with Crippen LogP contribution in [-0.4, -0.2) is 16.5 Å². The summed E-state index contributed by atoms with van der Waals surface area (Å²) in [6, 6.07) is 4.09. The van der Waals surface area contributed by atoms with Crippen molar-refractivity contribution >= 4 is 22.9 Å². The Bertz CT molecular complexity index is 536. The van der Waals surface area contributed by atoms with Gasteiger partial charge in [-0.15, -0.1) is 11.3 Å². The van der Waals surface area contributed by atoms with E-state index in [9.17, 15) is 0 Å². The lowest BCUT2D eigenvalue weighted by atomic mass is 10.2. The highest BCUT2D eigenvalue weighted by atomic mass is 35.5. The minimum absolute atomic E-state index is 0.332. The van der Waals surface area contributed by atoms with Gasteiger partial charge in [0.1, 0.15) is 5.01 Å². The zero-order valence-corrected chi connectivity index (χ0v) is 13.0. The maximum absolute atomic E-state index is 5.85. The molecule has 0 spiro atoms. The molecule has 1 N–H and O–H groups in total. The molecular weight excluding hydrogens is 278 g/mol. The maximum Gasteiger partial charge on any atom is 0.142 e. The smallest absolute Gasteiger partial charge is 0.142 e. The molecule has 0 amide bonds. The summed E-state index contributed by atoms with van der Waals surface area (Å²) in [5, 5.41) is 5.09. The first kappa shape index (κ1) is 14.4. The van der Waals surface area contributed by atoms with E-state index in [1.807, 2.05) is 12.1 Å². The van der Waals surface area contributed by atoms with Crippen molar-refractivity contribution < 1.29 is 0 Å². The highest BCUT2D eigenvalue weighted by molar-refractivity contribution is 7.15. The third-order valence-electron chi connectivity index (χ3n) is 2.87. The van der Waals surface area contributed by atoms with Gasteiger partial charge in [-0.05, 0) is 38.9 Å². The minimum atomic E-state index is 0.332. The standard InChI is InChI=1S/C14H18ClN3S/c1-4-7-16-9(2)13-10(3)18-14(19-13)12-6-5-11(15)8-17-12/h5-6,8-9,16H,4,7H2,1-3H3. The SMILES string of the molecule is CCCNC(C)c1sc(-c2ccc(Cl)cn2)nc1C. The van der Waals surface area contributed by atoms with Crippen LogP contribution in [0, 0.1) is 6.92 Å². The van der Waals surface area contributed by atoms with Gasteiger partial charge in [0.05, 0.1) is 16.4 Å². The summed E-state index contributed by atoms with van der Waals surface area (Å²) in [4.78, 5) is 10.2.